The third kappa shape index (κ3) is 3.50. The van der Waals surface area contributed by atoms with E-state index in [1.54, 1.807) is 55.7 Å². The van der Waals surface area contributed by atoms with Gasteiger partial charge in [-0.2, -0.15) is 0 Å². The Kier molecular flexibility index (Phi) is 5.25. The Labute approximate surface area is 160 Å². The number of nitrogens with zero attached hydrogens (tertiary/aromatic N) is 2. The lowest BCUT2D eigenvalue weighted by Gasteiger charge is -2.16. The van der Waals surface area contributed by atoms with Crippen molar-refractivity contribution in [1.29, 1.82) is 0 Å². The van der Waals surface area contributed by atoms with Gasteiger partial charge in [0.2, 0.25) is 0 Å². The van der Waals surface area contributed by atoms with Crippen LogP contribution in [-0.2, 0) is 9.53 Å². The molecule has 9 heteroatoms. The van der Waals surface area contributed by atoms with Gasteiger partial charge in [0.1, 0.15) is 0 Å². The Hall–Kier alpha value is -3.88. The zero-order valence-electron chi connectivity index (χ0n) is 15.2. The number of ether oxygens (including phenoxy) is 1. The quantitative estimate of drug-likeness (QED) is 0.532. The molecule has 1 unspecified atom stereocenters. The van der Waals surface area contributed by atoms with Gasteiger partial charge in [-0.05, 0) is 30.2 Å². The fourth-order valence-corrected chi connectivity index (χ4v) is 3.11. The number of pyridine rings is 1. The van der Waals surface area contributed by atoms with E-state index in [1.807, 2.05) is 0 Å². The van der Waals surface area contributed by atoms with Crippen LogP contribution in [0.25, 0.3) is 5.57 Å². The number of carboxylic acids is 1. The molecule has 3 rings (SSSR count). The molecule has 0 saturated heterocycles. The first-order valence-corrected chi connectivity index (χ1v) is 8.33. The number of nitro groups is 1. The second-order valence-corrected chi connectivity index (χ2v) is 6.00. The van der Waals surface area contributed by atoms with Gasteiger partial charge in [-0.1, -0.05) is 24.3 Å². The molecule has 1 aromatic carbocycles. The molecular formula is C19H18N4O5. The number of anilines is 1. The van der Waals surface area contributed by atoms with E-state index in [1.165, 1.54) is 7.11 Å². The molecule has 0 amide bonds. The summed E-state index contributed by atoms with van der Waals surface area (Å²) in [7, 11) is 1.25. The lowest BCUT2D eigenvalue weighted by Crippen LogP contribution is -2.29. The van der Waals surface area contributed by atoms with Gasteiger partial charge in [-0.15, -0.1) is 0 Å². The monoisotopic (exact) mass is 382 g/mol. The second-order valence-electron chi connectivity index (χ2n) is 6.00. The normalized spacial score (nSPS) is 17.7. The summed E-state index contributed by atoms with van der Waals surface area (Å²) in [6, 6.07) is 8.90. The number of carboxylic acid groups (broad SMARTS) is 1. The molecule has 1 aliphatic rings. The van der Waals surface area contributed by atoms with Crippen LogP contribution in [0.1, 0.15) is 24.1 Å². The Morgan fingerprint density at radius 3 is 2.57 bits per heavy atom. The molecule has 28 heavy (non-hydrogen) atoms. The number of hydrogen-bond acceptors (Lipinski definition) is 7. The first-order valence-electron chi connectivity index (χ1n) is 8.33. The van der Waals surface area contributed by atoms with E-state index >= 15 is 0 Å². The van der Waals surface area contributed by atoms with Crippen LogP contribution in [-0.4, -0.2) is 28.1 Å². The molecule has 0 fully saturated rings. The summed E-state index contributed by atoms with van der Waals surface area (Å²) in [5.74, 6) is -1.40. The second kappa shape index (κ2) is 7.78. The Bertz CT molecular complexity index is 985. The zero-order valence-corrected chi connectivity index (χ0v) is 15.2. The molecule has 2 heterocycles. The average Bonchev–Trinajstić information content (AvgIpc) is 2.83. The number of methoxy groups -OCH3 is 1. The topological polar surface area (TPSA) is 127 Å². The molecule has 1 atom stereocenters. The highest BCUT2D eigenvalue weighted by Crippen LogP contribution is 2.37. The standard InChI is InChI=1S/C19H18N4O5/c1-11(21-12-7-9-20-10-8-12)15-13-5-3-4-6-14(13)16(19(24)25)22-18(28-2)17(15)23(26)27/h3-10,16,22H,1-2H3,(H,20,21)(H,24,25)/b15-11+. The highest BCUT2D eigenvalue weighted by Gasteiger charge is 2.38. The molecule has 0 saturated carbocycles. The SMILES string of the molecule is COC1=C([N+](=O)[O-])/C(=C(\C)Nc2ccncc2)c2ccccc2C(C(=O)O)N1. The largest absolute Gasteiger partial charge is 0.479 e. The molecule has 1 aliphatic heterocycles. The van der Waals surface area contributed by atoms with Crippen LogP contribution in [0, 0.1) is 10.1 Å². The van der Waals surface area contributed by atoms with E-state index in [0.717, 1.165) is 0 Å². The molecule has 0 spiro atoms. The molecule has 9 nitrogen and oxygen atoms in total. The number of aromatic nitrogens is 1. The van der Waals surface area contributed by atoms with Gasteiger partial charge in [0.15, 0.2) is 6.04 Å². The number of aliphatic carboxylic acids is 1. The van der Waals surface area contributed by atoms with E-state index < -0.39 is 16.9 Å². The highest BCUT2D eigenvalue weighted by molar-refractivity contribution is 5.88. The molecule has 3 N–H and O–H groups in total. The molecule has 0 bridgehead atoms. The van der Waals surface area contributed by atoms with Crippen LogP contribution in [0.5, 0.6) is 0 Å². The zero-order chi connectivity index (χ0) is 20.3. The van der Waals surface area contributed by atoms with Gasteiger partial charge >= 0.3 is 11.7 Å². The minimum Gasteiger partial charge on any atom is -0.479 e. The van der Waals surface area contributed by atoms with Crippen molar-refractivity contribution in [3.8, 4) is 0 Å². The van der Waals surface area contributed by atoms with E-state index in [-0.39, 0.29) is 17.2 Å². The van der Waals surface area contributed by atoms with Crippen molar-refractivity contribution < 1.29 is 19.6 Å². The third-order valence-electron chi connectivity index (χ3n) is 4.29. The first-order chi connectivity index (χ1) is 13.4. The van der Waals surface area contributed by atoms with Crippen molar-refractivity contribution in [2.45, 2.75) is 13.0 Å². The molecule has 1 aromatic heterocycles. The van der Waals surface area contributed by atoms with E-state index in [2.05, 4.69) is 15.6 Å². The lowest BCUT2D eigenvalue weighted by atomic mass is 9.93. The van der Waals surface area contributed by atoms with Crippen molar-refractivity contribution in [2.75, 3.05) is 12.4 Å². The van der Waals surface area contributed by atoms with Crippen LogP contribution >= 0.6 is 0 Å². The fourth-order valence-electron chi connectivity index (χ4n) is 3.11. The van der Waals surface area contributed by atoms with E-state index in [0.29, 0.717) is 22.5 Å². The van der Waals surface area contributed by atoms with E-state index in [4.69, 9.17) is 4.74 Å². The Balaban J connectivity index is 2.30. The summed E-state index contributed by atoms with van der Waals surface area (Å²) in [4.78, 5) is 27.1. The molecule has 144 valence electrons. The van der Waals surface area contributed by atoms with Gasteiger partial charge in [-0.3, -0.25) is 15.1 Å². The van der Waals surface area contributed by atoms with Gasteiger partial charge in [0.05, 0.1) is 17.6 Å². The minimum absolute atomic E-state index is 0.223. The number of nitrogens with one attached hydrogen (secondary N) is 2. The van der Waals surface area contributed by atoms with Crippen molar-refractivity contribution in [3.63, 3.8) is 0 Å². The van der Waals surface area contributed by atoms with Gasteiger partial charge in [0.25, 0.3) is 5.88 Å². The Morgan fingerprint density at radius 2 is 1.96 bits per heavy atom. The van der Waals surface area contributed by atoms with Gasteiger partial charge < -0.3 is 20.5 Å². The summed E-state index contributed by atoms with van der Waals surface area (Å²) >= 11 is 0. The van der Waals surface area contributed by atoms with Crippen molar-refractivity contribution in [2.24, 2.45) is 0 Å². The Morgan fingerprint density at radius 1 is 1.29 bits per heavy atom. The number of hydrogen-bond donors (Lipinski definition) is 3. The van der Waals surface area contributed by atoms with Crippen molar-refractivity contribution >= 4 is 17.2 Å². The van der Waals surface area contributed by atoms with E-state index in [9.17, 15) is 20.0 Å². The summed E-state index contributed by atoms with van der Waals surface area (Å²) in [5.41, 5.74) is 1.87. The summed E-state index contributed by atoms with van der Waals surface area (Å²) in [6.07, 6.45) is 3.18. The first kappa shape index (κ1) is 18.9. The molecule has 2 aromatic rings. The van der Waals surface area contributed by atoms with Crippen molar-refractivity contribution in [3.05, 3.63) is 87.3 Å². The number of allylic oxidation sites excluding steroid dienone is 2. The highest BCUT2D eigenvalue weighted by atomic mass is 16.6. The smallest absolute Gasteiger partial charge is 0.338 e. The van der Waals surface area contributed by atoms with Gasteiger partial charge in [0, 0.05) is 23.8 Å². The van der Waals surface area contributed by atoms with Crippen LogP contribution < -0.4 is 10.6 Å². The molecular weight excluding hydrogens is 364 g/mol. The maximum Gasteiger partial charge on any atom is 0.338 e. The maximum atomic E-state index is 11.9. The number of carbonyl (C=O) groups is 1. The molecule has 0 aliphatic carbocycles. The van der Waals surface area contributed by atoms with Crippen LogP contribution in [0.15, 0.2) is 66.1 Å². The summed E-state index contributed by atoms with van der Waals surface area (Å²) in [5, 5.41) is 27.4. The van der Waals surface area contributed by atoms with Crippen LogP contribution in [0.2, 0.25) is 0 Å². The third-order valence-corrected chi connectivity index (χ3v) is 4.29. The fraction of sp³-hybridized carbons (Fsp3) is 0.158. The minimum atomic E-state index is -1.20. The van der Waals surface area contributed by atoms with Gasteiger partial charge in [-0.25, -0.2) is 4.79 Å². The van der Waals surface area contributed by atoms with Crippen molar-refractivity contribution in [1.82, 2.24) is 10.3 Å². The number of rotatable bonds is 5. The summed E-state index contributed by atoms with van der Waals surface area (Å²) < 4.78 is 5.18. The summed E-state index contributed by atoms with van der Waals surface area (Å²) in [6.45, 7) is 1.68. The number of benzene rings is 1. The average molecular weight is 382 g/mol. The van der Waals surface area contributed by atoms with Crippen LogP contribution in [0.3, 0.4) is 0 Å². The number of fused-ring (bicyclic) bond motifs is 1. The predicted molar refractivity (Wildman–Crippen MR) is 101 cm³/mol. The lowest BCUT2D eigenvalue weighted by molar-refractivity contribution is -0.420. The molecule has 0 radical (unpaired) electrons. The predicted octanol–water partition coefficient (Wildman–Crippen LogP) is 2.75. The maximum absolute atomic E-state index is 11.9. The van der Waals surface area contributed by atoms with Crippen LogP contribution in [0.4, 0.5) is 5.69 Å².